The number of aliphatic hydroxyl groups is 4. The Morgan fingerprint density at radius 2 is 0.876 bits per heavy atom. The van der Waals surface area contributed by atoms with Crippen LogP contribution in [0.3, 0.4) is 0 Å². The number of carbonyl (C=O) groups excluding carboxylic acids is 7. The molecule has 734 valence electrons. The molecule has 3 unspecified atom stereocenters. The van der Waals surface area contributed by atoms with Crippen molar-refractivity contribution in [2.75, 3.05) is 74.5 Å². The van der Waals surface area contributed by atoms with Crippen LogP contribution in [0.25, 0.3) is 5.65 Å². The van der Waals surface area contributed by atoms with E-state index in [1.54, 1.807) is 144 Å². The summed E-state index contributed by atoms with van der Waals surface area (Å²) in [6.45, 7) is 34.0. The van der Waals surface area contributed by atoms with Gasteiger partial charge in [0.15, 0.2) is 0 Å². The molecule has 9 aromatic rings. The molecule has 34 nitrogen and oxygen atoms in total. The molecule has 5 fully saturated rings. The van der Waals surface area contributed by atoms with Gasteiger partial charge in [0.05, 0.1) is 141 Å². The lowest BCUT2D eigenvalue weighted by Crippen LogP contribution is -2.41. The van der Waals surface area contributed by atoms with Crippen LogP contribution in [0.1, 0.15) is 253 Å². The minimum Gasteiger partial charge on any atom is -0.444 e. The lowest BCUT2D eigenvalue weighted by atomic mass is 9.74. The molecule has 17 rings (SSSR count). The van der Waals surface area contributed by atoms with E-state index < -0.39 is 82.8 Å². The lowest BCUT2D eigenvalue weighted by Gasteiger charge is -2.32. The first-order valence-corrected chi connectivity index (χ1v) is 47.4. The molecule has 5 saturated heterocycles. The van der Waals surface area contributed by atoms with Crippen LogP contribution in [-0.2, 0) is 93.3 Å². The number of ether oxygens (including phenoxy) is 8. The van der Waals surface area contributed by atoms with Gasteiger partial charge in [-0.2, -0.15) is 0 Å². The normalized spacial score (nSPS) is 18.4. The molecular formula is C97H117BBrCl2FIN13O21. The summed E-state index contributed by atoms with van der Waals surface area (Å²) < 4.78 is 71.5. The standard InChI is InChI=1S/C29H38BN3O7.C23H26ClN3O5.C15H22N2O4.C13H13BrClNO3.C10H14N2O2.C7H4FIN2/c1-27(2,3)38-26(36)33-14-19-20(30-39-28(4,5)29(6,7)40-30)9-10-21(24(19)25(33)35)31-23-11-8-18(22(15-34)32-23)17-12-13-37-16-17;1-23(2,3)32-22(30)27-10-15-16(24)5-6-17(20(15)21(27)29)25-19-7-4-14(18(11-28)26-19)13-8-9-31-12-13;1-15(2,3)21-14(19)17-13-5-4-11(12(8-18)16-13)10-6-7-20-9-10;1-13(2,3)19-12(18)16-6-7-9(15)5-4-8(14)10(7)11(16)17;11-10-2-1-8(9(5-13)12-10)7-3-4-14-6-7;8-5-1-2-11-6(9)4-10-7(11)3-5/h8-11,17,34H,12-16H2,1-7H3,(H,31,32);4-7,13,28H,8-12H2,1-3H3,(H,25,26);4-5,10,18H,6-9H2,1-3H3,(H,16,17,19);4-5H,6H2,1-3H3;1-2,7,13H,3-6H2,(H2,11,12);1-4H/t17-;;;;;/m1...../s1. The first-order valence-electron chi connectivity index (χ1n) is 44.8. The first kappa shape index (κ1) is 106. The van der Waals surface area contributed by atoms with Gasteiger partial charge >= 0.3 is 31.5 Å². The molecule has 0 bridgehead atoms. The van der Waals surface area contributed by atoms with Crippen LogP contribution >= 0.6 is 61.7 Å². The number of fused-ring (bicyclic) bond motifs is 4. The maximum Gasteiger partial charge on any atom is 0.495 e. The molecule has 0 spiro atoms. The Hall–Kier alpha value is -10.2. The molecule has 7 amide bonds. The Morgan fingerprint density at radius 3 is 1.28 bits per heavy atom. The Bertz CT molecular complexity index is 5930. The van der Waals surface area contributed by atoms with E-state index in [-0.39, 0.29) is 69.6 Å². The molecule has 40 heteroatoms. The zero-order chi connectivity index (χ0) is 99.7. The number of imide groups is 3. The number of nitrogens with zero attached hydrogens (tertiary/aromatic N) is 9. The number of rotatable bonds is 14. The number of benzene rings is 3. The van der Waals surface area contributed by atoms with E-state index in [4.69, 9.17) is 81.2 Å². The van der Waals surface area contributed by atoms with Gasteiger partial charge in [0.1, 0.15) is 60.8 Å². The minimum absolute atomic E-state index is 0.0218. The van der Waals surface area contributed by atoms with E-state index in [0.29, 0.717) is 155 Å². The number of pyridine rings is 5. The Balaban J connectivity index is 0.000000155. The predicted molar refractivity (Wildman–Crippen MR) is 523 cm³/mol. The number of anilines is 6. The van der Waals surface area contributed by atoms with Gasteiger partial charge in [0.25, 0.3) is 17.7 Å². The molecule has 0 saturated carbocycles. The van der Waals surface area contributed by atoms with Crippen LogP contribution in [0.4, 0.5) is 58.2 Å². The van der Waals surface area contributed by atoms with E-state index in [9.17, 15) is 53.3 Å². The topological polar surface area (TPSA) is 433 Å². The third-order valence-corrected chi connectivity index (χ3v) is 25.4. The van der Waals surface area contributed by atoms with Crippen molar-refractivity contribution in [3.8, 4) is 0 Å². The van der Waals surface area contributed by atoms with Gasteiger partial charge in [-0.05, 0) is 269 Å². The van der Waals surface area contributed by atoms with Gasteiger partial charge in [0.2, 0.25) is 0 Å². The number of hydrogen-bond donors (Lipinski definition) is 8. The third kappa shape index (κ3) is 26.5. The van der Waals surface area contributed by atoms with Crippen LogP contribution in [0.5, 0.6) is 0 Å². The summed E-state index contributed by atoms with van der Waals surface area (Å²) in [5, 5.41) is 48.3. The van der Waals surface area contributed by atoms with Gasteiger partial charge in [-0.3, -0.25) is 24.1 Å². The molecule has 137 heavy (non-hydrogen) atoms. The molecular weight excluding hydrogens is 1990 g/mol. The highest BCUT2D eigenvalue weighted by molar-refractivity contribution is 14.1. The van der Waals surface area contributed by atoms with Gasteiger partial charge in [-0.1, -0.05) is 53.5 Å². The van der Waals surface area contributed by atoms with Crippen LogP contribution in [0.2, 0.25) is 10.0 Å². The average molecular weight is 2110 g/mol. The van der Waals surface area contributed by atoms with Crippen molar-refractivity contribution in [2.45, 2.75) is 240 Å². The zero-order valence-corrected chi connectivity index (χ0v) is 84.7. The number of carbonyl (C=O) groups is 7. The quantitative estimate of drug-likeness (QED) is 0.0285. The summed E-state index contributed by atoms with van der Waals surface area (Å²) in [6, 6.07) is 28.0. The van der Waals surface area contributed by atoms with Crippen molar-refractivity contribution in [1.82, 2.24) is 44.0 Å². The van der Waals surface area contributed by atoms with Crippen molar-refractivity contribution in [3.05, 3.63) is 212 Å². The number of halogens is 5. The van der Waals surface area contributed by atoms with E-state index in [1.165, 1.54) is 12.1 Å². The minimum atomic E-state index is -0.765. The van der Waals surface area contributed by atoms with Crippen molar-refractivity contribution in [3.63, 3.8) is 0 Å². The van der Waals surface area contributed by atoms with E-state index in [2.05, 4.69) is 79.4 Å². The average Bonchev–Trinajstić information content (AvgIpc) is 1.59. The van der Waals surface area contributed by atoms with Gasteiger partial charge in [-0.15, -0.1) is 0 Å². The monoisotopic (exact) mass is 2110 g/mol. The zero-order valence-electron chi connectivity index (χ0n) is 79.4. The second-order valence-corrected chi connectivity index (χ2v) is 41.2. The van der Waals surface area contributed by atoms with E-state index in [1.807, 2.05) is 68.5 Å². The number of nitrogens with one attached hydrogen (secondary N) is 3. The van der Waals surface area contributed by atoms with Crippen molar-refractivity contribution >= 4 is 157 Å². The van der Waals surface area contributed by atoms with Crippen LogP contribution < -0.4 is 27.1 Å². The lowest BCUT2D eigenvalue weighted by molar-refractivity contribution is 0.00578. The summed E-state index contributed by atoms with van der Waals surface area (Å²) >= 11 is 17.8. The van der Waals surface area contributed by atoms with Crippen LogP contribution in [0.15, 0.2) is 114 Å². The SMILES string of the molecule is CC(C)(C)OC(=O)N1Cc2c(B3OC(C)(C)C(C)(C)O3)ccc(Nc3ccc([C@@H]4CCOC4)c(CO)n3)c2C1=O.CC(C)(C)OC(=O)N1Cc2c(Cl)ccc(Br)c2C1=O.CC(C)(C)OC(=O)N1Cc2c(Cl)ccc(Nc3ccc(C4CCOC4)c(CO)n3)c2C1=O.CC(C)(C)OC(=O)Nc1ccc(C2CCOC2)c(CO)n1.Fc1ccn2c(I)cnc2c1.Nc1ccc(C2CCOC2)c(CO)n1. The summed E-state index contributed by atoms with van der Waals surface area (Å²) in [5.74, 6) is 1.20. The molecule has 8 aliphatic rings. The number of aliphatic hydroxyl groups excluding tert-OH is 4. The maximum atomic E-state index is 13.7. The smallest absolute Gasteiger partial charge is 0.444 e. The molecule has 0 radical (unpaired) electrons. The fraction of sp³-hybridized carbons (Fsp3) is 0.464. The number of amides is 7. The van der Waals surface area contributed by atoms with Gasteiger partial charge in [0, 0.05) is 88.0 Å². The Labute approximate surface area is 827 Å². The fourth-order valence-corrected chi connectivity index (χ4v) is 17.5. The molecule has 8 aliphatic heterocycles. The molecule has 4 atom stereocenters. The highest BCUT2D eigenvalue weighted by Crippen LogP contribution is 2.43. The van der Waals surface area contributed by atoms with Crippen LogP contribution in [-0.4, -0.2) is 200 Å². The largest absolute Gasteiger partial charge is 0.495 e. The number of hydrogen-bond acceptors (Lipinski definition) is 29. The number of nitrogens with two attached hydrogens (primary N) is 1. The van der Waals surface area contributed by atoms with Gasteiger partial charge in [-0.25, -0.2) is 63.2 Å². The second-order valence-electron chi connectivity index (χ2n) is 38.5. The number of aromatic nitrogens is 6. The second kappa shape index (κ2) is 44.5. The highest BCUT2D eigenvalue weighted by atomic mass is 127. The summed E-state index contributed by atoms with van der Waals surface area (Å²) in [6.07, 6.45) is 4.41. The fourth-order valence-electron chi connectivity index (χ4n) is 16.0. The van der Waals surface area contributed by atoms with Crippen molar-refractivity contribution in [1.29, 1.82) is 0 Å². The predicted octanol–water partition coefficient (Wildman–Crippen LogP) is 17.5. The Morgan fingerprint density at radius 1 is 0.511 bits per heavy atom. The summed E-state index contributed by atoms with van der Waals surface area (Å²) in [7, 11) is -0.716. The van der Waals surface area contributed by atoms with Crippen LogP contribution in [0, 0.1) is 9.52 Å². The molecule has 9 N–H and O–H groups in total. The molecule has 0 aliphatic carbocycles. The molecule has 3 aromatic carbocycles. The summed E-state index contributed by atoms with van der Waals surface area (Å²) in [5.41, 5.74) is 13.2. The maximum absolute atomic E-state index is 13.7. The highest BCUT2D eigenvalue weighted by Gasteiger charge is 2.54. The number of nitrogen functional groups attached to an aromatic ring is 1. The number of imidazole rings is 1. The van der Waals surface area contributed by atoms with Crippen molar-refractivity contribution < 1.29 is 106 Å². The summed E-state index contributed by atoms with van der Waals surface area (Å²) in [4.78, 5) is 113. The molecule has 6 aromatic heterocycles. The van der Waals surface area contributed by atoms with E-state index in [0.717, 1.165) is 86.2 Å². The van der Waals surface area contributed by atoms with Crippen molar-refractivity contribution in [2.24, 2.45) is 0 Å². The van der Waals surface area contributed by atoms with Gasteiger partial charge < -0.3 is 84.0 Å². The van der Waals surface area contributed by atoms with E-state index >= 15 is 0 Å². The first-order chi connectivity index (χ1) is 64.6. The Kier molecular flexibility index (Phi) is 34.4. The molecule has 14 heterocycles. The third-order valence-electron chi connectivity index (χ3n) is 23.2.